The van der Waals surface area contributed by atoms with Crippen LogP contribution in [0.4, 0.5) is 5.69 Å². The Kier molecular flexibility index (Phi) is 2.14. The van der Waals surface area contributed by atoms with Gasteiger partial charge in [0.1, 0.15) is 6.07 Å². The molecule has 0 aliphatic heterocycles. The summed E-state index contributed by atoms with van der Waals surface area (Å²) >= 11 is 0. The molecule has 0 aliphatic rings. The summed E-state index contributed by atoms with van der Waals surface area (Å²) in [5, 5.41) is 13.1. The van der Waals surface area contributed by atoms with E-state index >= 15 is 0 Å². The topological polar surface area (TPSA) is 67.6 Å². The lowest BCUT2D eigenvalue weighted by Gasteiger charge is -2.06. The second-order valence-corrected chi connectivity index (χ2v) is 3.30. The lowest BCUT2D eigenvalue weighted by atomic mass is 10.1. The molecule has 0 radical (unpaired) electrons. The van der Waals surface area contributed by atoms with Gasteiger partial charge >= 0.3 is 0 Å². The molecule has 2 rings (SSSR count). The van der Waals surface area contributed by atoms with E-state index in [-0.39, 0.29) is 0 Å². The van der Waals surface area contributed by atoms with Crippen LogP contribution in [-0.4, -0.2) is 9.78 Å². The first kappa shape index (κ1) is 9.28. The smallest absolute Gasteiger partial charge is 0.101 e. The SMILES string of the molecule is Cc1cccc(C#N)c1-n1cc(N)cn1. The first-order chi connectivity index (χ1) is 7.22. The molecule has 74 valence electrons. The van der Waals surface area contributed by atoms with Crippen LogP contribution in [0.25, 0.3) is 5.69 Å². The maximum Gasteiger partial charge on any atom is 0.101 e. The van der Waals surface area contributed by atoms with Crippen molar-refractivity contribution in [1.82, 2.24) is 9.78 Å². The molecule has 2 aromatic rings. The number of benzene rings is 1. The Balaban J connectivity index is 2.67. The van der Waals surface area contributed by atoms with Crippen LogP contribution in [0.3, 0.4) is 0 Å². The highest BCUT2D eigenvalue weighted by Crippen LogP contribution is 2.18. The second-order valence-electron chi connectivity index (χ2n) is 3.30. The zero-order chi connectivity index (χ0) is 10.8. The summed E-state index contributed by atoms with van der Waals surface area (Å²) in [4.78, 5) is 0. The van der Waals surface area contributed by atoms with Crippen LogP contribution in [0.15, 0.2) is 30.6 Å². The van der Waals surface area contributed by atoms with Crippen molar-refractivity contribution in [1.29, 1.82) is 5.26 Å². The number of nitrogens with zero attached hydrogens (tertiary/aromatic N) is 3. The first-order valence-electron chi connectivity index (χ1n) is 4.52. The van der Waals surface area contributed by atoms with Crippen LogP contribution in [0, 0.1) is 18.3 Å². The molecular weight excluding hydrogens is 188 g/mol. The third kappa shape index (κ3) is 1.55. The van der Waals surface area contributed by atoms with Crippen LogP contribution in [-0.2, 0) is 0 Å². The third-order valence-electron chi connectivity index (χ3n) is 2.19. The van der Waals surface area contributed by atoms with Crippen LogP contribution in [0.1, 0.15) is 11.1 Å². The summed E-state index contributed by atoms with van der Waals surface area (Å²) in [6, 6.07) is 7.70. The molecule has 0 amide bonds. The minimum atomic E-state index is 0.585. The third-order valence-corrected chi connectivity index (χ3v) is 2.19. The molecule has 2 N–H and O–H groups in total. The average molecular weight is 198 g/mol. The van der Waals surface area contributed by atoms with E-state index in [1.807, 2.05) is 19.1 Å². The minimum Gasteiger partial charge on any atom is -0.396 e. The van der Waals surface area contributed by atoms with Gasteiger partial charge in [-0.3, -0.25) is 0 Å². The molecule has 0 aliphatic carbocycles. The van der Waals surface area contributed by atoms with Crippen molar-refractivity contribution in [3.8, 4) is 11.8 Å². The maximum atomic E-state index is 8.99. The normalized spacial score (nSPS) is 9.87. The molecule has 1 aromatic heterocycles. The predicted octanol–water partition coefficient (Wildman–Crippen LogP) is 1.63. The standard InChI is InChI=1S/C11H10N4/c1-8-3-2-4-9(5-12)11(8)15-7-10(13)6-14-15/h2-4,6-7H,13H2,1H3. The van der Waals surface area contributed by atoms with Crippen molar-refractivity contribution in [3.63, 3.8) is 0 Å². The van der Waals surface area contributed by atoms with E-state index in [0.29, 0.717) is 11.3 Å². The first-order valence-corrected chi connectivity index (χ1v) is 4.52. The van der Waals surface area contributed by atoms with Gasteiger partial charge in [0, 0.05) is 0 Å². The van der Waals surface area contributed by atoms with Gasteiger partial charge in [-0.1, -0.05) is 12.1 Å². The molecular formula is C11H10N4. The quantitative estimate of drug-likeness (QED) is 0.757. The lowest BCUT2D eigenvalue weighted by molar-refractivity contribution is 0.869. The van der Waals surface area contributed by atoms with Gasteiger partial charge in [0.25, 0.3) is 0 Å². The molecule has 0 bridgehead atoms. The molecule has 0 saturated heterocycles. The molecule has 0 unspecified atom stereocenters. The van der Waals surface area contributed by atoms with Crippen molar-refractivity contribution < 1.29 is 0 Å². The maximum absolute atomic E-state index is 8.99. The molecule has 15 heavy (non-hydrogen) atoms. The van der Waals surface area contributed by atoms with Crippen LogP contribution >= 0.6 is 0 Å². The van der Waals surface area contributed by atoms with E-state index in [9.17, 15) is 0 Å². The van der Waals surface area contributed by atoms with Crippen molar-refractivity contribution >= 4 is 5.69 Å². The number of hydrogen-bond donors (Lipinski definition) is 1. The fourth-order valence-electron chi connectivity index (χ4n) is 1.51. The highest BCUT2D eigenvalue weighted by atomic mass is 15.3. The summed E-state index contributed by atoms with van der Waals surface area (Å²) in [6.45, 7) is 1.94. The molecule has 0 spiro atoms. The molecule has 0 fully saturated rings. The van der Waals surface area contributed by atoms with E-state index in [1.54, 1.807) is 23.1 Å². The van der Waals surface area contributed by atoms with Crippen LogP contribution in [0.5, 0.6) is 0 Å². The molecule has 1 aromatic carbocycles. The van der Waals surface area contributed by atoms with Crippen LogP contribution < -0.4 is 5.73 Å². The number of aryl methyl sites for hydroxylation is 1. The number of aromatic nitrogens is 2. The summed E-state index contributed by atoms with van der Waals surface area (Å²) in [7, 11) is 0. The van der Waals surface area contributed by atoms with E-state index in [1.165, 1.54) is 0 Å². The predicted molar refractivity (Wildman–Crippen MR) is 57.4 cm³/mol. The van der Waals surface area contributed by atoms with E-state index in [4.69, 9.17) is 11.0 Å². The van der Waals surface area contributed by atoms with Crippen molar-refractivity contribution in [2.75, 3.05) is 5.73 Å². The number of rotatable bonds is 1. The summed E-state index contributed by atoms with van der Waals surface area (Å²) < 4.78 is 1.63. The Labute approximate surface area is 87.6 Å². The Morgan fingerprint density at radius 1 is 1.47 bits per heavy atom. The van der Waals surface area contributed by atoms with Crippen molar-refractivity contribution in [2.24, 2.45) is 0 Å². The fraction of sp³-hybridized carbons (Fsp3) is 0.0909. The lowest BCUT2D eigenvalue weighted by Crippen LogP contribution is -2.00. The summed E-state index contributed by atoms with van der Waals surface area (Å²) in [6.07, 6.45) is 3.26. The second kappa shape index (κ2) is 3.46. The average Bonchev–Trinajstić information content (AvgIpc) is 2.64. The monoisotopic (exact) mass is 198 g/mol. The molecule has 1 heterocycles. The Morgan fingerprint density at radius 2 is 2.27 bits per heavy atom. The zero-order valence-electron chi connectivity index (χ0n) is 8.31. The fourth-order valence-corrected chi connectivity index (χ4v) is 1.51. The van der Waals surface area contributed by atoms with Gasteiger partial charge in [0.05, 0.1) is 29.3 Å². The number of nitriles is 1. The Morgan fingerprint density at radius 3 is 2.87 bits per heavy atom. The zero-order valence-corrected chi connectivity index (χ0v) is 8.31. The van der Waals surface area contributed by atoms with Gasteiger partial charge in [0.15, 0.2) is 0 Å². The highest BCUT2D eigenvalue weighted by molar-refractivity contribution is 5.54. The van der Waals surface area contributed by atoms with Crippen molar-refractivity contribution in [2.45, 2.75) is 6.92 Å². The molecule has 0 saturated carbocycles. The molecule has 0 atom stereocenters. The highest BCUT2D eigenvalue weighted by Gasteiger charge is 2.07. The molecule has 4 heteroatoms. The number of nitrogen functional groups attached to an aromatic ring is 1. The largest absolute Gasteiger partial charge is 0.396 e. The van der Waals surface area contributed by atoms with Gasteiger partial charge in [-0.2, -0.15) is 10.4 Å². The molecule has 4 nitrogen and oxygen atoms in total. The number of hydrogen-bond acceptors (Lipinski definition) is 3. The van der Waals surface area contributed by atoms with Gasteiger partial charge in [-0.05, 0) is 18.6 Å². The van der Waals surface area contributed by atoms with E-state index in [2.05, 4.69) is 11.2 Å². The number of anilines is 1. The van der Waals surface area contributed by atoms with Crippen LogP contribution in [0.2, 0.25) is 0 Å². The van der Waals surface area contributed by atoms with E-state index in [0.717, 1.165) is 11.3 Å². The summed E-state index contributed by atoms with van der Waals surface area (Å²) in [5.41, 5.74) is 8.56. The number of para-hydroxylation sites is 1. The van der Waals surface area contributed by atoms with Crippen molar-refractivity contribution in [3.05, 3.63) is 41.7 Å². The minimum absolute atomic E-state index is 0.585. The van der Waals surface area contributed by atoms with Gasteiger partial charge in [0.2, 0.25) is 0 Å². The Bertz CT molecular complexity index is 534. The van der Waals surface area contributed by atoms with Gasteiger partial charge in [-0.15, -0.1) is 0 Å². The Hall–Kier alpha value is -2.28. The van der Waals surface area contributed by atoms with E-state index < -0.39 is 0 Å². The van der Waals surface area contributed by atoms with Gasteiger partial charge < -0.3 is 5.73 Å². The number of nitrogens with two attached hydrogens (primary N) is 1. The summed E-state index contributed by atoms with van der Waals surface area (Å²) in [5.74, 6) is 0. The van der Waals surface area contributed by atoms with Gasteiger partial charge in [-0.25, -0.2) is 4.68 Å².